The molecule has 88 valence electrons. The highest BCUT2D eigenvalue weighted by atomic mass is 32.2. The smallest absolute Gasteiger partial charge is 0.282 e. The van der Waals surface area contributed by atoms with Crippen molar-refractivity contribution in [1.29, 1.82) is 0 Å². The van der Waals surface area contributed by atoms with E-state index in [1.54, 1.807) is 18.4 Å². The molecule has 2 aliphatic rings. The molecule has 1 unspecified atom stereocenters. The predicted molar refractivity (Wildman–Crippen MR) is 58.7 cm³/mol. The molecule has 5 nitrogen and oxygen atoms in total. The molecule has 6 heteroatoms. The van der Waals surface area contributed by atoms with Crippen LogP contribution in [-0.2, 0) is 10.2 Å². The van der Waals surface area contributed by atoms with E-state index in [9.17, 15) is 8.42 Å². The molecule has 0 aromatic carbocycles. The van der Waals surface area contributed by atoms with Gasteiger partial charge in [-0.25, -0.2) is 0 Å². The van der Waals surface area contributed by atoms with Crippen LogP contribution in [0.2, 0.25) is 0 Å². The van der Waals surface area contributed by atoms with Crippen molar-refractivity contribution < 1.29 is 8.42 Å². The Morgan fingerprint density at radius 3 is 2.20 bits per heavy atom. The van der Waals surface area contributed by atoms with E-state index in [4.69, 9.17) is 0 Å². The highest BCUT2D eigenvalue weighted by molar-refractivity contribution is 7.86. The lowest BCUT2D eigenvalue weighted by atomic mass is 10.2. The molecule has 0 amide bonds. The average molecular weight is 233 g/mol. The first-order valence-electron chi connectivity index (χ1n) is 5.45. The van der Waals surface area contributed by atoms with Crippen LogP contribution < -0.4 is 5.32 Å². The van der Waals surface area contributed by atoms with Gasteiger partial charge in [-0.05, 0) is 25.8 Å². The van der Waals surface area contributed by atoms with Crippen molar-refractivity contribution in [2.24, 2.45) is 0 Å². The monoisotopic (exact) mass is 233 g/mol. The Kier molecular flexibility index (Phi) is 3.03. The second kappa shape index (κ2) is 4.01. The van der Waals surface area contributed by atoms with Gasteiger partial charge in [0, 0.05) is 32.7 Å². The third-order valence-corrected chi connectivity index (χ3v) is 5.08. The first-order chi connectivity index (χ1) is 7.03. The highest BCUT2D eigenvalue weighted by Crippen LogP contribution is 2.33. The quantitative estimate of drug-likeness (QED) is 0.720. The molecular weight excluding hydrogens is 214 g/mol. The molecule has 0 bridgehead atoms. The van der Waals surface area contributed by atoms with E-state index in [1.165, 1.54) is 4.31 Å². The fraction of sp³-hybridized carbons (Fsp3) is 1.00. The molecule has 1 atom stereocenters. The van der Waals surface area contributed by atoms with E-state index in [2.05, 4.69) is 5.32 Å². The molecule has 1 saturated heterocycles. The zero-order valence-corrected chi connectivity index (χ0v) is 10.1. The number of nitrogens with one attached hydrogen (secondary N) is 1. The minimum Gasteiger partial charge on any atom is -0.315 e. The van der Waals surface area contributed by atoms with E-state index < -0.39 is 10.2 Å². The van der Waals surface area contributed by atoms with Crippen LogP contribution in [0.3, 0.4) is 0 Å². The molecule has 1 aliphatic carbocycles. The van der Waals surface area contributed by atoms with Gasteiger partial charge < -0.3 is 5.32 Å². The highest BCUT2D eigenvalue weighted by Gasteiger charge is 2.43. The zero-order valence-electron chi connectivity index (χ0n) is 9.31. The third kappa shape index (κ3) is 2.18. The maximum Gasteiger partial charge on any atom is 0.282 e. The number of hydrogen-bond donors (Lipinski definition) is 1. The second-order valence-electron chi connectivity index (χ2n) is 4.50. The standard InChI is InChI=1S/C9H19N3O2S/c1-11(2)15(13,14)12(8-3-4-8)9-5-6-10-7-9/h8-10H,3-7H2,1-2H3. The molecule has 15 heavy (non-hydrogen) atoms. The molecule has 1 saturated carbocycles. The predicted octanol–water partition coefficient (Wildman–Crippen LogP) is -0.381. The lowest BCUT2D eigenvalue weighted by Crippen LogP contribution is -2.48. The third-order valence-electron chi connectivity index (χ3n) is 3.03. The average Bonchev–Trinajstić information content (AvgIpc) is 2.80. The van der Waals surface area contributed by atoms with Gasteiger partial charge in [0.05, 0.1) is 0 Å². The first-order valence-corrected chi connectivity index (χ1v) is 6.85. The summed E-state index contributed by atoms with van der Waals surface area (Å²) < 4.78 is 27.3. The van der Waals surface area contributed by atoms with Crippen molar-refractivity contribution in [3.8, 4) is 0 Å². The van der Waals surface area contributed by atoms with Crippen LogP contribution in [0, 0.1) is 0 Å². The fourth-order valence-electron chi connectivity index (χ4n) is 2.05. The Labute approximate surface area is 91.6 Å². The fourth-order valence-corrected chi connectivity index (χ4v) is 3.57. The van der Waals surface area contributed by atoms with Crippen LogP contribution in [0.1, 0.15) is 19.3 Å². The van der Waals surface area contributed by atoms with Crippen LogP contribution in [0.25, 0.3) is 0 Å². The van der Waals surface area contributed by atoms with E-state index in [0.29, 0.717) is 0 Å². The largest absolute Gasteiger partial charge is 0.315 e. The SMILES string of the molecule is CN(C)S(=O)(=O)N(C1CC1)C1CCNC1. The lowest BCUT2D eigenvalue weighted by Gasteiger charge is -2.30. The summed E-state index contributed by atoms with van der Waals surface area (Å²) in [6.07, 6.45) is 2.97. The molecule has 1 heterocycles. The summed E-state index contributed by atoms with van der Waals surface area (Å²) in [6, 6.07) is 0.409. The van der Waals surface area contributed by atoms with Crippen LogP contribution in [-0.4, -0.2) is 56.3 Å². The first kappa shape index (κ1) is 11.3. The number of hydrogen-bond acceptors (Lipinski definition) is 3. The normalized spacial score (nSPS) is 27.9. The number of rotatable bonds is 4. The van der Waals surface area contributed by atoms with E-state index in [0.717, 1.165) is 32.4 Å². The molecule has 2 rings (SSSR count). The summed E-state index contributed by atoms with van der Waals surface area (Å²) in [6.45, 7) is 1.72. The zero-order chi connectivity index (χ0) is 11.1. The second-order valence-corrected chi connectivity index (χ2v) is 6.55. The minimum absolute atomic E-state index is 0.157. The summed E-state index contributed by atoms with van der Waals surface area (Å²) in [5.41, 5.74) is 0. The van der Waals surface area contributed by atoms with Crippen molar-refractivity contribution in [1.82, 2.24) is 13.9 Å². The van der Waals surface area contributed by atoms with E-state index in [-0.39, 0.29) is 12.1 Å². The van der Waals surface area contributed by atoms with Gasteiger partial charge >= 0.3 is 0 Å². The van der Waals surface area contributed by atoms with Crippen molar-refractivity contribution in [2.75, 3.05) is 27.2 Å². The molecular formula is C9H19N3O2S. The lowest BCUT2D eigenvalue weighted by molar-refractivity contribution is 0.305. The molecule has 0 aromatic heterocycles. The van der Waals surface area contributed by atoms with Crippen molar-refractivity contribution in [2.45, 2.75) is 31.3 Å². The summed E-state index contributed by atoms with van der Waals surface area (Å²) in [5, 5.41) is 3.22. The Morgan fingerprint density at radius 2 is 1.80 bits per heavy atom. The van der Waals surface area contributed by atoms with Gasteiger partial charge in [-0.1, -0.05) is 0 Å². The Morgan fingerprint density at radius 1 is 1.13 bits per heavy atom. The number of nitrogens with zero attached hydrogens (tertiary/aromatic N) is 2. The maximum atomic E-state index is 12.1. The molecule has 0 aromatic rings. The molecule has 0 radical (unpaired) electrons. The van der Waals surface area contributed by atoms with Gasteiger partial charge in [0.2, 0.25) is 0 Å². The molecule has 1 N–H and O–H groups in total. The Balaban J connectivity index is 2.18. The summed E-state index contributed by atoms with van der Waals surface area (Å²) in [5.74, 6) is 0. The summed E-state index contributed by atoms with van der Waals surface area (Å²) in [4.78, 5) is 0. The molecule has 0 spiro atoms. The summed E-state index contributed by atoms with van der Waals surface area (Å²) >= 11 is 0. The minimum atomic E-state index is -3.23. The van der Waals surface area contributed by atoms with E-state index in [1.807, 2.05) is 0 Å². The van der Waals surface area contributed by atoms with Crippen LogP contribution >= 0.6 is 0 Å². The Hall–Kier alpha value is -0.170. The van der Waals surface area contributed by atoms with E-state index >= 15 is 0 Å². The molecule has 1 aliphatic heterocycles. The van der Waals surface area contributed by atoms with Crippen LogP contribution in [0.4, 0.5) is 0 Å². The van der Waals surface area contributed by atoms with Crippen molar-refractivity contribution in [3.63, 3.8) is 0 Å². The van der Waals surface area contributed by atoms with Gasteiger partial charge in [0.25, 0.3) is 10.2 Å². The van der Waals surface area contributed by atoms with Crippen molar-refractivity contribution in [3.05, 3.63) is 0 Å². The van der Waals surface area contributed by atoms with Crippen LogP contribution in [0.15, 0.2) is 0 Å². The summed E-state index contributed by atoms with van der Waals surface area (Å²) in [7, 11) is -0.0240. The van der Waals surface area contributed by atoms with Gasteiger partial charge in [-0.15, -0.1) is 0 Å². The van der Waals surface area contributed by atoms with Crippen molar-refractivity contribution >= 4 is 10.2 Å². The van der Waals surface area contributed by atoms with Gasteiger partial charge in [0.15, 0.2) is 0 Å². The molecule has 2 fully saturated rings. The Bertz CT molecular complexity index is 318. The maximum absolute atomic E-state index is 12.1. The van der Waals surface area contributed by atoms with Gasteiger partial charge in [-0.3, -0.25) is 0 Å². The van der Waals surface area contributed by atoms with Gasteiger partial charge in [-0.2, -0.15) is 17.0 Å². The topological polar surface area (TPSA) is 52.7 Å². The van der Waals surface area contributed by atoms with Crippen LogP contribution in [0.5, 0.6) is 0 Å². The van der Waals surface area contributed by atoms with Gasteiger partial charge in [0.1, 0.15) is 0 Å².